The smallest absolute Gasteiger partial charge is 0.338 e. The number of H-pyrrole nitrogens is 1. The van der Waals surface area contributed by atoms with Crippen LogP contribution in [0.1, 0.15) is 59.0 Å². The molecule has 13 heteroatoms. The number of aliphatic hydroxyl groups is 1. The summed E-state index contributed by atoms with van der Waals surface area (Å²) < 4.78 is 40.2. The predicted octanol–water partition coefficient (Wildman–Crippen LogP) is 3.20. The number of aromatic nitrogens is 2. The number of hydrogen-bond acceptors (Lipinski definition) is 10. The topological polar surface area (TPSA) is 156 Å². The molecular weight excluding hydrogens is 527 g/mol. The summed E-state index contributed by atoms with van der Waals surface area (Å²) >= 11 is 0. The number of aliphatic hydroxyl groups excluding tert-OH is 1. The lowest BCUT2D eigenvalue weighted by Gasteiger charge is -2.36. The van der Waals surface area contributed by atoms with Crippen molar-refractivity contribution >= 4 is 14.5 Å². The third kappa shape index (κ3) is 11.8. The van der Waals surface area contributed by atoms with E-state index in [-0.39, 0.29) is 45.2 Å². The van der Waals surface area contributed by atoms with Gasteiger partial charge in [-0.25, -0.2) is 14.3 Å². The Bertz CT molecular complexity index is 1170. The fraction of sp³-hybridized carbons (Fsp3) is 0.538. The first kappa shape index (κ1) is 30.6. The Kier molecular flexibility index (Phi) is 14.4. The lowest BCUT2D eigenvalue weighted by atomic mass is 10.2. The molecule has 0 aliphatic heterocycles. The van der Waals surface area contributed by atoms with Crippen molar-refractivity contribution in [2.75, 3.05) is 26.9 Å². The van der Waals surface area contributed by atoms with Crippen molar-refractivity contribution in [2.45, 2.75) is 65.4 Å². The Labute approximate surface area is 232 Å². The van der Waals surface area contributed by atoms with E-state index in [0.717, 1.165) is 10.6 Å². The van der Waals surface area contributed by atoms with Crippen LogP contribution in [0, 0.1) is 11.3 Å². The molecule has 1 heterocycles. The van der Waals surface area contributed by atoms with Crippen molar-refractivity contribution in [3.63, 3.8) is 0 Å². The summed E-state index contributed by atoms with van der Waals surface area (Å²) in [5.74, 6) is -0.616. The van der Waals surface area contributed by atoms with E-state index < -0.39 is 38.1 Å². The maximum atomic E-state index is 12.5. The first-order chi connectivity index (χ1) is 19.6. The van der Waals surface area contributed by atoms with Gasteiger partial charge in [0, 0.05) is 32.8 Å². The molecule has 0 spiro atoms. The number of nitriles is 1. The quantitative estimate of drug-likeness (QED) is 0.185. The molecule has 3 atom stereocenters. The monoisotopic (exact) mass is 569 g/mol. The van der Waals surface area contributed by atoms with Crippen molar-refractivity contribution in [3.05, 3.63) is 69.0 Å². The molecule has 2 rings (SSSR count). The minimum absolute atomic E-state index is 0.0566. The number of ether oxygens (including phenoxy) is 2. The van der Waals surface area contributed by atoms with E-state index in [1.807, 2.05) is 38.4 Å². The lowest BCUT2D eigenvalue weighted by Crippen LogP contribution is -2.37. The maximum absolute atomic E-state index is 12.5. The molecule has 39 heavy (non-hydrogen) atoms. The van der Waals surface area contributed by atoms with E-state index in [9.17, 15) is 14.4 Å². The Balaban J connectivity index is 0.00000268. The molecule has 216 valence electrons. The van der Waals surface area contributed by atoms with Gasteiger partial charge < -0.3 is 23.6 Å². The molecule has 1 aromatic heterocycles. The maximum Gasteiger partial charge on any atom is 0.338 e. The molecule has 0 saturated carbocycles. The second-order valence-electron chi connectivity index (χ2n) is 8.54. The van der Waals surface area contributed by atoms with Crippen LogP contribution >= 0.6 is 8.53 Å². The van der Waals surface area contributed by atoms with E-state index in [1.54, 1.807) is 30.3 Å². The van der Waals surface area contributed by atoms with Gasteiger partial charge in [-0.05, 0) is 46.7 Å². The Morgan fingerprint density at radius 3 is 2.44 bits per heavy atom. The lowest BCUT2D eigenvalue weighted by molar-refractivity contribution is -0.0926. The number of nitrogens with zero attached hydrogens (tertiary/aromatic N) is 3. The molecule has 1 unspecified atom stereocenters. The Morgan fingerprint density at radius 2 is 1.87 bits per heavy atom. The zero-order valence-corrected chi connectivity index (χ0v) is 23.8. The number of nitrogens with one attached hydrogen (secondary N) is 1. The van der Waals surface area contributed by atoms with Crippen LogP contribution in [-0.4, -0.2) is 71.8 Å². The highest BCUT2D eigenvalue weighted by atomic mass is 31.2. The summed E-state index contributed by atoms with van der Waals surface area (Å²) in [6.45, 7) is 7.57. The largest absolute Gasteiger partial charge is 0.457 e. The molecule has 0 radical (unpaired) electrons. The van der Waals surface area contributed by atoms with Crippen LogP contribution in [0.15, 0.2) is 52.2 Å². The number of benzene rings is 1. The van der Waals surface area contributed by atoms with Crippen molar-refractivity contribution in [2.24, 2.45) is 0 Å². The molecule has 1 aromatic carbocycles. The van der Waals surface area contributed by atoms with Gasteiger partial charge in [-0.1, -0.05) is 18.2 Å². The van der Waals surface area contributed by atoms with Crippen molar-refractivity contribution in [1.82, 2.24) is 14.2 Å². The highest BCUT2D eigenvalue weighted by Gasteiger charge is 2.28. The third-order valence-corrected chi connectivity index (χ3v) is 6.98. The minimum Gasteiger partial charge on any atom is -0.457 e. The highest BCUT2D eigenvalue weighted by Crippen LogP contribution is 2.46. The van der Waals surface area contributed by atoms with Crippen LogP contribution in [0.3, 0.4) is 0 Å². The summed E-state index contributed by atoms with van der Waals surface area (Å²) in [7, 11) is -0.282. The van der Waals surface area contributed by atoms with Crippen molar-refractivity contribution in [1.29, 1.82) is 6.69 Å². The molecular formula is C26H39N4O8P. The Hall–Kier alpha value is -2.91. The van der Waals surface area contributed by atoms with Gasteiger partial charge in [0.05, 0.1) is 37.4 Å². The zero-order valence-electron chi connectivity index (χ0n) is 24.9. The summed E-state index contributed by atoms with van der Waals surface area (Å²) in [6.07, 6.45) is -0.529. The van der Waals surface area contributed by atoms with Gasteiger partial charge in [-0.3, -0.25) is 14.3 Å². The number of carbonyl (C=O) groups excluding carboxylic acids is 1. The SMILES string of the molecule is [2H]C[C@H](COP(OCCC#N)N(C(C)C)C(C)C)O[C@H](COC(=O)c1ccccc1)n1ccc(=O)[nH]c1=O.[3H]OC. The van der Waals surface area contributed by atoms with E-state index >= 15 is 0 Å². The summed E-state index contributed by atoms with van der Waals surface area (Å²) in [4.78, 5) is 38.7. The van der Waals surface area contributed by atoms with Crippen LogP contribution in [0.2, 0.25) is 0 Å². The molecule has 2 N–H and O–H groups in total. The van der Waals surface area contributed by atoms with Gasteiger partial charge in [0.2, 0.25) is 1.43 Å². The first-order valence-corrected chi connectivity index (χ1v) is 13.4. The van der Waals surface area contributed by atoms with Crippen molar-refractivity contribution < 1.29 is 29.8 Å². The number of aromatic amines is 1. The normalized spacial score (nSPS) is 14.0. The highest BCUT2D eigenvalue weighted by molar-refractivity contribution is 7.44. The zero-order chi connectivity index (χ0) is 30.8. The van der Waals surface area contributed by atoms with Crippen LogP contribution < -0.4 is 11.2 Å². The van der Waals surface area contributed by atoms with Crippen LogP contribution in [-0.2, 0) is 18.5 Å². The fourth-order valence-corrected chi connectivity index (χ4v) is 5.00. The second-order valence-corrected chi connectivity index (χ2v) is 9.99. The molecule has 0 aliphatic carbocycles. The van der Waals surface area contributed by atoms with Crippen LogP contribution in [0.4, 0.5) is 0 Å². The average molecular weight is 570 g/mol. The summed E-state index contributed by atoms with van der Waals surface area (Å²) in [5.41, 5.74) is -1.02. The molecule has 0 aliphatic rings. The van der Waals surface area contributed by atoms with E-state index in [0.29, 0.717) is 5.56 Å². The standard InChI is InChI=1S/C25H35N4O7P.CH4O/c1-18(2)29(19(3)4)37(34-15-9-13-26)35-16-20(5)36-23(28-14-12-22(30)27-25(28)32)17-33-24(31)21-10-7-6-8-11-21;1-2/h6-8,10-12,14,18-20,23H,9,15-17H2,1-5H3,(H,27,30,32);2H,1H3/t20-,23-,37?;/m1./s1/i5D;2T. The van der Waals surface area contributed by atoms with Gasteiger partial charge in [0.1, 0.15) is 6.61 Å². The molecule has 0 saturated heterocycles. The van der Waals surface area contributed by atoms with Crippen LogP contribution in [0.5, 0.6) is 0 Å². The Morgan fingerprint density at radius 1 is 1.21 bits per heavy atom. The average Bonchev–Trinajstić information content (AvgIpc) is 2.93. The summed E-state index contributed by atoms with van der Waals surface area (Å²) in [6, 6.07) is 11.7. The minimum atomic E-state index is -1.57. The molecule has 2 aromatic rings. The molecule has 12 nitrogen and oxygen atoms in total. The number of carbonyl (C=O) groups is 1. The number of hydrogen-bond donors (Lipinski definition) is 2. The number of esters is 1. The van der Waals surface area contributed by atoms with Crippen LogP contribution in [0.25, 0.3) is 0 Å². The predicted molar refractivity (Wildman–Crippen MR) is 147 cm³/mol. The fourth-order valence-electron chi connectivity index (χ4n) is 3.37. The summed E-state index contributed by atoms with van der Waals surface area (Å²) in [5, 5.41) is 12.4. The van der Waals surface area contributed by atoms with Crippen molar-refractivity contribution in [3.8, 4) is 6.07 Å². The molecule has 0 fully saturated rings. The number of rotatable bonds is 15. The van der Waals surface area contributed by atoms with Gasteiger partial charge in [-0.15, -0.1) is 0 Å². The molecule has 0 amide bonds. The van der Waals surface area contributed by atoms with Gasteiger partial charge in [-0.2, -0.15) is 5.26 Å². The van der Waals surface area contributed by atoms with E-state index in [4.69, 9.17) is 26.6 Å². The van der Waals surface area contributed by atoms with Gasteiger partial charge in [0.25, 0.3) is 14.1 Å². The van der Waals surface area contributed by atoms with E-state index in [2.05, 4.69) is 10.1 Å². The van der Waals surface area contributed by atoms with Gasteiger partial charge in [0.15, 0.2) is 6.23 Å². The molecule has 0 bridgehead atoms. The first-order valence-electron chi connectivity index (χ1n) is 13.4. The third-order valence-electron chi connectivity index (χ3n) is 4.91. The second kappa shape index (κ2) is 18.4. The van der Waals surface area contributed by atoms with E-state index in [1.165, 1.54) is 13.3 Å². The van der Waals surface area contributed by atoms with Gasteiger partial charge >= 0.3 is 11.7 Å².